The van der Waals surface area contributed by atoms with Gasteiger partial charge in [-0.05, 0) is 42.3 Å². The Morgan fingerprint density at radius 3 is 2.48 bits per heavy atom. The quantitative estimate of drug-likeness (QED) is 0.786. The van der Waals surface area contributed by atoms with Crippen LogP contribution in [0.5, 0.6) is 5.75 Å². The van der Waals surface area contributed by atoms with E-state index in [4.69, 9.17) is 4.74 Å². The summed E-state index contributed by atoms with van der Waals surface area (Å²) in [5.41, 5.74) is 2.99. The van der Waals surface area contributed by atoms with Crippen LogP contribution in [0.15, 0.2) is 42.5 Å². The summed E-state index contributed by atoms with van der Waals surface area (Å²) in [4.78, 5) is 38.2. The Morgan fingerprint density at radius 2 is 1.86 bits per heavy atom. The molecule has 1 unspecified atom stereocenters. The van der Waals surface area contributed by atoms with Crippen LogP contribution in [0.2, 0.25) is 0 Å². The second kappa shape index (κ2) is 8.77. The van der Waals surface area contributed by atoms with Gasteiger partial charge in [0.2, 0.25) is 17.7 Å². The lowest BCUT2D eigenvalue weighted by molar-refractivity contribution is -0.122. The molecule has 0 aromatic heterocycles. The van der Waals surface area contributed by atoms with Gasteiger partial charge in [0.1, 0.15) is 5.75 Å². The van der Waals surface area contributed by atoms with Crippen LogP contribution >= 0.6 is 0 Å². The van der Waals surface area contributed by atoms with Crippen molar-refractivity contribution in [2.75, 3.05) is 29.2 Å². The molecule has 0 aliphatic carbocycles. The van der Waals surface area contributed by atoms with Gasteiger partial charge in [-0.15, -0.1) is 0 Å². The van der Waals surface area contributed by atoms with Gasteiger partial charge < -0.3 is 20.3 Å². The van der Waals surface area contributed by atoms with Gasteiger partial charge in [0, 0.05) is 31.3 Å². The van der Waals surface area contributed by atoms with Gasteiger partial charge in [-0.1, -0.05) is 19.1 Å². The van der Waals surface area contributed by atoms with Gasteiger partial charge in [-0.25, -0.2) is 0 Å². The lowest BCUT2D eigenvalue weighted by atomic mass is 10.1. The van der Waals surface area contributed by atoms with Crippen molar-refractivity contribution in [3.63, 3.8) is 0 Å². The summed E-state index contributed by atoms with van der Waals surface area (Å²) in [5, 5.41) is 5.51. The first-order valence-electron chi connectivity index (χ1n) is 9.57. The molecule has 0 radical (unpaired) electrons. The smallest absolute Gasteiger partial charge is 0.229 e. The van der Waals surface area contributed by atoms with E-state index in [0.29, 0.717) is 23.7 Å². The van der Waals surface area contributed by atoms with Crippen LogP contribution in [-0.4, -0.2) is 31.4 Å². The number of nitrogens with one attached hydrogen (secondary N) is 2. The first kappa shape index (κ1) is 20.4. The normalized spacial score (nSPS) is 15.9. The van der Waals surface area contributed by atoms with Crippen molar-refractivity contribution in [2.24, 2.45) is 5.92 Å². The topological polar surface area (TPSA) is 87.7 Å². The molecule has 0 spiro atoms. The third-order valence-corrected chi connectivity index (χ3v) is 4.93. The second-order valence-electron chi connectivity index (χ2n) is 7.01. The molecule has 0 saturated carbocycles. The van der Waals surface area contributed by atoms with Gasteiger partial charge in [0.25, 0.3) is 0 Å². The number of nitrogens with zero attached hydrogens (tertiary/aromatic N) is 1. The Balaban J connectivity index is 1.72. The van der Waals surface area contributed by atoms with E-state index in [2.05, 4.69) is 17.6 Å². The van der Waals surface area contributed by atoms with Crippen LogP contribution in [0.4, 0.5) is 17.1 Å². The number of carbonyl (C=O) groups excluding carboxylic acids is 3. The van der Waals surface area contributed by atoms with Gasteiger partial charge in [0.15, 0.2) is 0 Å². The Morgan fingerprint density at radius 1 is 1.14 bits per heavy atom. The second-order valence-corrected chi connectivity index (χ2v) is 7.01. The minimum absolute atomic E-state index is 0.0756. The number of rotatable bonds is 6. The van der Waals surface area contributed by atoms with E-state index >= 15 is 0 Å². The number of anilines is 3. The van der Waals surface area contributed by atoms with E-state index in [-0.39, 0.29) is 24.1 Å². The van der Waals surface area contributed by atoms with Crippen LogP contribution in [0.25, 0.3) is 0 Å². The van der Waals surface area contributed by atoms with E-state index in [0.717, 1.165) is 12.1 Å². The zero-order valence-electron chi connectivity index (χ0n) is 16.8. The molecule has 1 aliphatic heterocycles. The highest BCUT2D eigenvalue weighted by molar-refractivity contribution is 6.04. The predicted octanol–water partition coefficient (Wildman–Crippen LogP) is 3.21. The molecule has 7 heteroatoms. The Hall–Kier alpha value is -3.35. The number of hydrogen-bond donors (Lipinski definition) is 2. The summed E-state index contributed by atoms with van der Waals surface area (Å²) < 4.78 is 5.30. The maximum absolute atomic E-state index is 12.8. The van der Waals surface area contributed by atoms with Crippen molar-refractivity contribution in [1.29, 1.82) is 0 Å². The van der Waals surface area contributed by atoms with Crippen LogP contribution < -0.4 is 20.3 Å². The zero-order chi connectivity index (χ0) is 21.0. The molecule has 152 valence electrons. The highest BCUT2D eigenvalue weighted by Gasteiger charge is 2.35. The average molecular weight is 395 g/mol. The highest BCUT2D eigenvalue weighted by Crippen LogP contribution is 2.30. The van der Waals surface area contributed by atoms with Crippen molar-refractivity contribution in [3.05, 3.63) is 48.0 Å². The number of benzene rings is 2. The van der Waals surface area contributed by atoms with Crippen LogP contribution in [0.1, 0.15) is 25.8 Å². The summed E-state index contributed by atoms with van der Waals surface area (Å²) in [5.74, 6) is -0.539. The lowest BCUT2D eigenvalue weighted by Crippen LogP contribution is -2.28. The highest BCUT2D eigenvalue weighted by atomic mass is 16.5. The monoisotopic (exact) mass is 395 g/mol. The van der Waals surface area contributed by atoms with Gasteiger partial charge in [0.05, 0.1) is 18.7 Å². The third-order valence-electron chi connectivity index (χ3n) is 4.93. The van der Waals surface area contributed by atoms with E-state index in [9.17, 15) is 14.4 Å². The molecular formula is C22H25N3O4. The summed E-state index contributed by atoms with van der Waals surface area (Å²) in [6, 6.07) is 12.8. The molecule has 0 bridgehead atoms. The number of methoxy groups -OCH3 is 1. The fraction of sp³-hybridized carbons (Fsp3) is 0.318. The van der Waals surface area contributed by atoms with Gasteiger partial charge >= 0.3 is 0 Å². The third kappa shape index (κ3) is 4.74. The summed E-state index contributed by atoms with van der Waals surface area (Å²) in [6.45, 7) is 3.81. The number of ether oxygens (including phenoxy) is 1. The summed E-state index contributed by atoms with van der Waals surface area (Å²) >= 11 is 0. The number of amides is 3. The van der Waals surface area contributed by atoms with E-state index < -0.39 is 5.92 Å². The molecule has 1 saturated heterocycles. The molecule has 2 aromatic carbocycles. The van der Waals surface area contributed by atoms with Crippen molar-refractivity contribution in [1.82, 2.24) is 0 Å². The first-order chi connectivity index (χ1) is 13.9. The van der Waals surface area contributed by atoms with Crippen LogP contribution in [-0.2, 0) is 20.8 Å². The van der Waals surface area contributed by atoms with Crippen molar-refractivity contribution in [3.8, 4) is 5.75 Å². The number of carbonyl (C=O) groups is 3. The number of hydrogen-bond acceptors (Lipinski definition) is 4. The molecule has 1 aliphatic rings. The van der Waals surface area contributed by atoms with Crippen molar-refractivity contribution >= 4 is 34.8 Å². The van der Waals surface area contributed by atoms with Gasteiger partial charge in [-0.2, -0.15) is 0 Å². The maximum Gasteiger partial charge on any atom is 0.229 e. The van der Waals surface area contributed by atoms with Crippen molar-refractivity contribution < 1.29 is 19.1 Å². The maximum atomic E-state index is 12.8. The Labute approximate surface area is 170 Å². The molecule has 3 rings (SSSR count). The molecule has 2 N–H and O–H groups in total. The Bertz CT molecular complexity index is 924. The zero-order valence-corrected chi connectivity index (χ0v) is 16.8. The first-order valence-corrected chi connectivity index (χ1v) is 9.57. The predicted molar refractivity (Wildman–Crippen MR) is 112 cm³/mol. The van der Waals surface area contributed by atoms with E-state index in [1.165, 1.54) is 19.6 Å². The fourth-order valence-corrected chi connectivity index (χ4v) is 3.37. The molecule has 2 aromatic rings. The molecule has 3 amide bonds. The number of aryl methyl sites for hydroxylation is 1. The lowest BCUT2D eigenvalue weighted by Gasteiger charge is -2.18. The SMILES string of the molecule is CCc1ccc(N2CC(C(=O)Nc3cc(NC(C)=O)ccc3OC)CC2=O)cc1. The molecule has 29 heavy (non-hydrogen) atoms. The van der Waals surface area contributed by atoms with Crippen molar-refractivity contribution in [2.45, 2.75) is 26.7 Å². The largest absolute Gasteiger partial charge is 0.495 e. The Kier molecular flexibility index (Phi) is 6.16. The standard InChI is InChI=1S/C22H25N3O4/c1-4-15-5-8-18(9-6-15)25-13-16(11-21(25)27)22(28)24-19-12-17(23-14(2)26)7-10-20(19)29-3/h5-10,12,16H,4,11,13H2,1-3H3,(H,23,26)(H,24,28). The summed E-state index contributed by atoms with van der Waals surface area (Å²) in [7, 11) is 1.50. The van der Waals surface area contributed by atoms with Gasteiger partial charge in [-0.3, -0.25) is 14.4 Å². The molecular weight excluding hydrogens is 370 g/mol. The molecule has 1 heterocycles. The van der Waals surface area contributed by atoms with Crippen LogP contribution in [0, 0.1) is 5.92 Å². The average Bonchev–Trinajstić information content (AvgIpc) is 3.09. The summed E-state index contributed by atoms with van der Waals surface area (Å²) in [6.07, 6.45) is 1.08. The molecule has 1 fully saturated rings. The molecule has 1 atom stereocenters. The fourth-order valence-electron chi connectivity index (χ4n) is 3.37. The van der Waals surface area contributed by atoms with Crippen LogP contribution in [0.3, 0.4) is 0 Å². The molecule has 7 nitrogen and oxygen atoms in total. The minimum atomic E-state index is -0.470. The van der Waals surface area contributed by atoms with E-state index in [1.54, 1.807) is 23.1 Å². The van der Waals surface area contributed by atoms with E-state index in [1.807, 2.05) is 24.3 Å². The minimum Gasteiger partial charge on any atom is -0.495 e.